The number of nitrogens with one attached hydrogen (secondary N) is 1. The second-order valence-electron chi connectivity index (χ2n) is 0.875. The Balaban J connectivity index is 3.17. The predicted octanol–water partition coefficient (Wildman–Crippen LogP) is 0.651. The van der Waals surface area contributed by atoms with Crippen molar-refractivity contribution in [1.82, 2.24) is 5.48 Å². The lowest BCUT2D eigenvalue weighted by Crippen LogP contribution is -2.16. The van der Waals surface area contributed by atoms with E-state index in [9.17, 15) is 0 Å². The Kier molecular flexibility index (Phi) is 3.55. The van der Waals surface area contributed by atoms with Crippen LogP contribution in [0.3, 0.4) is 0 Å². The van der Waals surface area contributed by atoms with Gasteiger partial charge in [-0.25, -0.2) is 0 Å². The normalized spacial score (nSPS) is 7.57. The molecule has 0 radical (unpaired) electrons. The highest BCUT2D eigenvalue weighted by atomic mass is 32.1. The molecule has 0 rings (SSSR count). The second kappa shape index (κ2) is 3.77. The van der Waals surface area contributed by atoms with E-state index >= 15 is 0 Å². The Morgan fingerprint density at radius 2 is 2.57 bits per heavy atom. The van der Waals surface area contributed by atoms with Gasteiger partial charge in [0.25, 0.3) is 0 Å². The molecule has 2 nitrogen and oxygen atoms in total. The van der Waals surface area contributed by atoms with E-state index in [0.717, 1.165) is 0 Å². The molecule has 0 bridgehead atoms. The van der Waals surface area contributed by atoms with Crippen LogP contribution >= 0.6 is 12.2 Å². The maximum absolute atomic E-state index is 4.60. The van der Waals surface area contributed by atoms with Crippen LogP contribution in [0, 0.1) is 0 Å². The molecule has 0 aliphatic heterocycles. The molecule has 1 N–H and O–H groups in total. The zero-order valence-corrected chi connectivity index (χ0v) is 4.92. The van der Waals surface area contributed by atoms with Crippen LogP contribution in [0.5, 0.6) is 0 Å². The largest absolute Gasteiger partial charge is 0.279 e. The molecule has 0 aliphatic rings. The van der Waals surface area contributed by atoms with Crippen LogP contribution in [-0.2, 0) is 4.84 Å². The number of hydrogen-bond acceptors (Lipinski definition) is 2. The summed E-state index contributed by atoms with van der Waals surface area (Å²) in [5.74, 6) is 0. The molecule has 0 unspecified atom stereocenters. The average Bonchev–Trinajstić information content (AvgIpc) is 1.68. The zero-order chi connectivity index (χ0) is 5.70. The molecule has 0 saturated carbocycles. The summed E-state index contributed by atoms with van der Waals surface area (Å²) in [5.41, 5.74) is 2.41. The summed E-state index contributed by atoms with van der Waals surface area (Å²) in [6, 6.07) is 0. The summed E-state index contributed by atoms with van der Waals surface area (Å²) < 4.78 is 0. The fourth-order valence-electron chi connectivity index (χ4n) is 0.142. The highest BCUT2D eigenvalue weighted by Gasteiger charge is 1.78. The molecule has 0 amide bonds. The van der Waals surface area contributed by atoms with Crippen molar-refractivity contribution in [3.8, 4) is 0 Å². The van der Waals surface area contributed by atoms with Gasteiger partial charge in [-0.2, -0.15) is 0 Å². The smallest absolute Gasteiger partial charge is 0.122 e. The van der Waals surface area contributed by atoms with E-state index in [4.69, 9.17) is 0 Å². The summed E-state index contributed by atoms with van der Waals surface area (Å²) in [6.45, 7) is 3.40. The van der Waals surface area contributed by atoms with E-state index in [-0.39, 0.29) is 0 Å². The molecule has 40 valence electrons. The lowest BCUT2D eigenvalue weighted by molar-refractivity contribution is 0.147. The van der Waals surface area contributed by atoms with Crippen molar-refractivity contribution >= 4 is 17.2 Å². The van der Waals surface area contributed by atoms with Crippen molar-refractivity contribution in [3.63, 3.8) is 0 Å². The van der Waals surface area contributed by atoms with E-state index < -0.39 is 0 Å². The molecule has 0 aromatic heterocycles. The van der Waals surface area contributed by atoms with E-state index in [1.165, 1.54) is 13.2 Å². The first-order chi connectivity index (χ1) is 3.31. The van der Waals surface area contributed by atoms with E-state index in [1.54, 1.807) is 0 Å². The highest BCUT2D eigenvalue weighted by Crippen LogP contribution is 1.68. The van der Waals surface area contributed by atoms with Crippen LogP contribution in [0.2, 0.25) is 0 Å². The van der Waals surface area contributed by atoms with Gasteiger partial charge in [-0.3, -0.25) is 10.3 Å². The lowest BCUT2D eigenvalue weighted by Gasteiger charge is -1.95. The summed E-state index contributed by atoms with van der Waals surface area (Å²) in [6.07, 6.45) is 1.50. The molecular weight excluding hydrogens is 110 g/mol. The molecule has 0 aromatic carbocycles. The summed E-state index contributed by atoms with van der Waals surface area (Å²) in [4.78, 5) is 4.93. The molecular formula is C4H7NOS. The van der Waals surface area contributed by atoms with E-state index in [2.05, 4.69) is 29.1 Å². The Morgan fingerprint density at radius 1 is 2.00 bits per heavy atom. The first-order valence-electron chi connectivity index (χ1n) is 1.76. The molecule has 0 aromatic rings. The van der Waals surface area contributed by atoms with Gasteiger partial charge in [0, 0.05) is 0 Å². The second-order valence-corrected chi connectivity index (χ2v) is 1.31. The van der Waals surface area contributed by atoms with Crippen molar-refractivity contribution in [2.24, 2.45) is 0 Å². The molecule has 0 heterocycles. The minimum atomic E-state index is 0.502. The van der Waals surface area contributed by atoms with Gasteiger partial charge in [0.15, 0.2) is 0 Å². The quantitative estimate of drug-likeness (QED) is 0.326. The maximum Gasteiger partial charge on any atom is 0.122 e. The predicted molar refractivity (Wildman–Crippen MR) is 32.9 cm³/mol. The maximum atomic E-state index is 4.60. The molecule has 0 saturated heterocycles. The summed E-state index contributed by atoms with van der Waals surface area (Å²) in [7, 11) is 1.50. The topological polar surface area (TPSA) is 21.3 Å². The van der Waals surface area contributed by atoms with Crippen molar-refractivity contribution < 1.29 is 4.84 Å². The van der Waals surface area contributed by atoms with Crippen LogP contribution < -0.4 is 5.48 Å². The lowest BCUT2D eigenvalue weighted by atomic mass is 10.7. The van der Waals surface area contributed by atoms with Gasteiger partial charge in [-0.1, -0.05) is 18.8 Å². The zero-order valence-electron chi connectivity index (χ0n) is 4.10. The summed E-state index contributed by atoms with van der Waals surface area (Å²) in [5, 5.41) is 0. The van der Waals surface area contributed by atoms with Gasteiger partial charge in [-0.05, 0) is 6.08 Å². The van der Waals surface area contributed by atoms with Gasteiger partial charge < -0.3 is 0 Å². The average molecular weight is 117 g/mol. The van der Waals surface area contributed by atoms with Crippen molar-refractivity contribution in [2.75, 3.05) is 7.11 Å². The molecule has 0 fully saturated rings. The molecule has 7 heavy (non-hydrogen) atoms. The SMILES string of the molecule is C=CC(=S)NOC. The van der Waals surface area contributed by atoms with Gasteiger partial charge in [-0.15, -0.1) is 0 Å². The summed E-state index contributed by atoms with van der Waals surface area (Å²) >= 11 is 4.60. The third kappa shape index (κ3) is 3.42. The fraction of sp³-hybridized carbons (Fsp3) is 0.250. The first-order valence-corrected chi connectivity index (χ1v) is 2.17. The van der Waals surface area contributed by atoms with Crippen molar-refractivity contribution in [3.05, 3.63) is 12.7 Å². The minimum Gasteiger partial charge on any atom is -0.279 e. The van der Waals surface area contributed by atoms with Crippen LogP contribution in [0.15, 0.2) is 12.7 Å². The van der Waals surface area contributed by atoms with Gasteiger partial charge in [0.2, 0.25) is 0 Å². The van der Waals surface area contributed by atoms with Crippen LogP contribution in [0.25, 0.3) is 0 Å². The number of thiocarbonyl (C=S) groups is 1. The first kappa shape index (κ1) is 6.59. The third-order valence-corrected chi connectivity index (χ3v) is 0.638. The Labute approximate surface area is 48.1 Å². The highest BCUT2D eigenvalue weighted by molar-refractivity contribution is 7.80. The van der Waals surface area contributed by atoms with Gasteiger partial charge >= 0.3 is 0 Å². The Morgan fingerprint density at radius 3 is 2.71 bits per heavy atom. The fourth-order valence-corrected chi connectivity index (χ4v) is 0.226. The standard InChI is InChI=1S/C4H7NOS/c1-3-4(7)5-6-2/h3H,1H2,2H3,(H,5,7). The monoisotopic (exact) mass is 117 g/mol. The minimum absolute atomic E-state index is 0.502. The number of rotatable bonds is 2. The van der Waals surface area contributed by atoms with Crippen LogP contribution in [0.1, 0.15) is 0 Å². The Hall–Kier alpha value is -0.410. The third-order valence-electron chi connectivity index (χ3n) is 0.388. The van der Waals surface area contributed by atoms with Crippen molar-refractivity contribution in [1.29, 1.82) is 0 Å². The van der Waals surface area contributed by atoms with Gasteiger partial charge in [0.05, 0.1) is 7.11 Å². The molecule has 0 aliphatic carbocycles. The van der Waals surface area contributed by atoms with Crippen LogP contribution in [0.4, 0.5) is 0 Å². The van der Waals surface area contributed by atoms with E-state index in [0.29, 0.717) is 4.99 Å². The number of hydrogen-bond donors (Lipinski definition) is 1. The van der Waals surface area contributed by atoms with Crippen molar-refractivity contribution in [2.45, 2.75) is 0 Å². The van der Waals surface area contributed by atoms with Crippen LogP contribution in [-0.4, -0.2) is 12.1 Å². The van der Waals surface area contributed by atoms with Gasteiger partial charge in [0.1, 0.15) is 4.99 Å². The Bertz CT molecular complexity index is 81.8. The molecule has 0 spiro atoms. The molecule has 3 heteroatoms. The van der Waals surface area contributed by atoms with E-state index in [1.807, 2.05) is 0 Å². The molecule has 0 atom stereocenters. The number of hydroxylamine groups is 1.